The van der Waals surface area contributed by atoms with E-state index in [1.165, 1.54) is 334 Å². The van der Waals surface area contributed by atoms with E-state index in [2.05, 4.69) is 67.8 Å². The number of aliphatic hydroxyl groups excluding tert-OH is 5. The van der Waals surface area contributed by atoms with Crippen molar-refractivity contribution < 1.29 is 49.3 Å². The molecule has 1 rings (SSSR count). The number of carbonyl (C=O) groups excluding carboxylic acids is 2. The van der Waals surface area contributed by atoms with Crippen LogP contribution in [0.2, 0.25) is 0 Å². The number of nitrogens with one attached hydrogen (secondary N) is 1. The molecular weight excluding hydrogens is 1240 g/mol. The zero-order chi connectivity index (χ0) is 72.2. The lowest BCUT2D eigenvalue weighted by Crippen LogP contribution is -2.60. The first-order valence-corrected chi connectivity index (χ1v) is 43.6. The Hall–Kier alpha value is -2.64. The van der Waals surface area contributed by atoms with Gasteiger partial charge in [-0.2, -0.15) is 0 Å². The van der Waals surface area contributed by atoms with Crippen LogP contribution in [0.15, 0.2) is 60.8 Å². The number of ether oxygens (including phenoxy) is 3. The van der Waals surface area contributed by atoms with Crippen LogP contribution in [0.5, 0.6) is 0 Å². The zero-order valence-corrected chi connectivity index (χ0v) is 65.7. The first-order valence-electron chi connectivity index (χ1n) is 43.6. The molecule has 7 atom stereocenters. The molecule has 1 saturated heterocycles. The minimum absolute atomic E-state index is 0.0194. The largest absolute Gasteiger partial charge is 0.466 e. The zero-order valence-electron chi connectivity index (χ0n) is 65.7. The van der Waals surface area contributed by atoms with Crippen molar-refractivity contribution in [2.45, 2.75) is 474 Å². The van der Waals surface area contributed by atoms with Gasteiger partial charge < -0.3 is 45.1 Å². The predicted octanol–water partition coefficient (Wildman–Crippen LogP) is 24.4. The summed E-state index contributed by atoms with van der Waals surface area (Å²) in [6.45, 7) is 4.37. The molecule has 0 aliphatic carbocycles. The average molecular weight is 1410 g/mol. The van der Waals surface area contributed by atoms with E-state index in [0.717, 1.165) is 70.6 Å². The minimum Gasteiger partial charge on any atom is -0.466 e. The van der Waals surface area contributed by atoms with Crippen LogP contribution in [0.3, 0.4) is 0 Å². The number of unbranched alkanes of at least 4 members (excludes halogenated alkanes) is 56. The monoisotopic (exact) mass is 1410 g/mol. The van der Waals surface area contributed by atoms with Crippen molar-refractivity contribution in [3.8, 4) is 0 Å². The number of hydrogen-bond acceptors (Lipinski definition) is 10. The van der Waals surface area contributed by atoms with Crippen LogP contribution in [-0.4, -0.2) is 100 Å². The van der Waals surface area contributed by atoms with Crippen LogP contribution < -0.4 is 5.32 Å². The van der Waals surface area contributed by atoms with E-state index in [1.54, 1.807) is 6.08 Å². The molecule has 1 fully saturated rings. The van der Waals surface area contributed by atoms with Crippen molar-refractivity contribution in [2.24, 2.45) is 0 Å². The Labute approximate surface area is 618 Å². The number of rotatable bonds is 78. The molecule has 586 valence electrons. The van der Waals surface area contributed by atoms with Gasteiger partial charge >= 0.3 is 5.97 Å². The van der Waals surface area contributed by atoms with Gasteiger partial charge in [0.15, 0.2) is 6.29 Å². The maximum Gasteiger partial charge on any atom is 0.305 e. The first kappa shape index (κ1) is 95.4. The van der Waals surface area contributed by atoms with Crippen molar-refractivity contribution in [2.75, 3.05) is 19.8 Å². The molecule has 0 aromatic carbocycles. The number of hydrogen-bond donors (Lipinski definition) is 6. The highest BCUT2D eigenvalue weighted by molar-refractivity contribution is 5.76. The van der Waals surface area contributed by atoms with E-state index in [-0.39, 0.29) is 18.5 Å². The summed E-state index contributed by atoms with van der Waals surface area (Å²) in [6.07, 6.45) is 95.6. The Bertz CT molecular complexity index is 1850. The van der Waals surface area contributed by atoms with Gasteiger partial charge in [-0.1, -0.05) is 389 Å². The van der Waals surface area contributed by atoms with E-state index in [9.17, 15) is 35.1 Å². The molecule has 0 aromatic rings. The summed E-state index contributed by atoms with van der Waals surface area (Å²) < 4.78 is 16.8. The van der Waals surface area contributed by atoms with Crippen molar-refractivity contribution in [3.63, 3.8) is 0 Å². The molecule has 0 bridgehead atoms. The fourth-order valence-electron chi connectivity index (χ4n) is 13.8. The normalized spacial score (nSPS) is 17.4. The highest BCUT2D eigenvalue weighted by atomic mass is 16.7. The molecule has 1 heterocycles. The predicted molar refractivity (Wildman–Crippen MR) is 426 cm³/mol. The average Bonchev–Trinajstić information content (AvgIpc) is 0.824. The second-order valence-electron chi connectivity index (χ2n) is 30.2. The quantitative estimate of drug-likeness (QED) is 0.0195. The molecule has 11 nitrogen and oxygen atoms in total. The third kappa shape index (κ3) is 64.9. The fraction of sp³-hybridized carbons (Fsp3) is 0.865. The molecule has 11 heteroatoms. The van der Waals surface area contributed by atoms with Crippen molar-refractivity contribution in [1.29, 1.82) is 0 Å². The summed E-state index contributed by atoms with van der Waals surface area (Å²) in [5, 5.41) is 54.6. The molecule has 1 aliphatic heterocycles. The number of aliphatic hydroxyl groups is 5. The van der Waals surface area contributed by atoms with E-state index in [1.807, 2.05) is 6.08 Å². The Kier molecular flexibility index (Phi) is 73.9. The molecule has 0 radical (unpaired) electrons. The lowest BCUT2D eigenvalue weighted by Gasteiger charge is -2.40. The van der Waals surface area contributed by atoms with Gasteiger partial charge in [0, 0.05) is 12.8 Å². The molecule has 100 heavy (non-hydrogen) atoms. The Morgan fingerprint density at radius 1 is 0.370 bits per heavy atom. The van der Waals surface area contributed by atoms with Crippen LogP contribution >= 0.6 is 0 Å². The first-order chi connectivity index (χ1) is 49.2. The Balaban J connectivity index is 1.90. The van der Waals surface area contributed by atoms with Gasteiger partial charge in [0.05, 0.1) is 32.0 Å². The van der Waals surface area contributed by atoms with Crippen LogP contribution in [0.1, 0.15) is 431 Å². The molecule has 0 aromatic heterocycles. The maximum atomic E-state index is 13.1. The summed E-state index contributed by atoms with van der Waals surface area (Å²) in [7, 11) is 0. The molecule has 7 unspecified atom stereocenters. The molecule has 1 amide bonds. The summed E-state index contributed by atoms with van der Waals surface area (Å²) in [5.41, 5.74) is 0. The maximum absolute atomic E-state index is 13.1. The highest BCUT2D eigenvalue weighted by Crippen LogP contribution is 2.24. The van der Waals surface area contributed by atoms with Crippen LogP contribution in [-0.2, 0) is 23.8 Å². The van der Waals surface area contributed by atoms with E-state index in [0.29, 0.717) is 19.4 Å². The van der Waals surface area contributed by atoms with Crippen LogP contribution in [0.25, 0.3) is 0 Å². The summed E-state index contributed by atoms with van der Waals surface area (Å²) in [6, 6.07) is -0.834. The summed E-state index contributed by atoms with van der Waals surface area (Å²) >= 11 is 0. The topological polar surface area (TPSA) is 175 Å². The summed E-state index contributed by atoms with van der Waals surface area (Å²) in [5.74, 6) is -0.172. The van der Waals surface area contributed by atoms with Gasteiger partial charge in [-0.05, 0) is 89.9 Å². The number of esters is 1. The van der Waals surface area contributed by atoms with Gasteiger partial charge in [-0.25, -0.2) is 0 Å². The number of carbonyl (C=O) groups is 2. The van der Waals surface area contributed by atoms with Gasteiger partial charge in [0.2, 0.25) is 5.91 Å². The number of allylic oxidation sites excluding steroid dienone is 9. The smallest absolute Gasteiger partial charge is 0.305 e. The fourth-order valence-corrected chi connectivity index (χ4v) is 13.8. The lowest BCUT2D eigenvalue weighted by atomic mass is 9.99. The van der Waals surface area contributed by atoms with Crippen molar-refractivity contribution in [3.05, 3.63) is 60.8 Å². The second-order valence-corrected chi connectivity index (χ2v) is 30.2. The third-order valence-electron chi connectivity index (χ3n) is 20.6. The van der Waals surface area contributed by atoms with E-state index < -0.39 is 49.5 Å². The molecule has 0 saturated carbocycles. The molecular formula is C89H165NO10. The van der Waals surface area contributed by atoms with Crippen molar-refractivity contribution >= 4 is 11.9 Å². The lowest BCUT2D eigenvalue weighted by molar-refractivity contribution is -0.302. The van der Waals surface area contributed by atoms with Gasteiger partial charge in [-0.3, -0.25) is 9.59 Å². The van der Waals surface area contributed by atoms with Crippen LogP contribution in [0, 0.1) is 0 Å². The van der Waals surface area contributed by atoms with Gasteiger partial charge in [-0.15, -0.1) is 0 Å². The summed E-state index contributed by atoms with van der Waals surface area (Å²) in [4.78, 5) is 25.2. The molecule has 0 spiro atoms. The Morgan fingerprint density at radius 2 is 0.680 bits per heavy atom. The number of amides is 1. The van der Waals surface area contributed by atoms with E-state index in [4.69, 9.17) is 14.2 Å². The van der Waals surface area contributed by atoms with Gasteiger partial charge in [0.25, 0.3) is 0 Å². The molecule has 6 N–H and O–H groups in total. The van der Waals surface area contributed by atoms with Gasteiger partial charge in [0.1, 0.15) is 24.4 Å². The van der Waals surface area contributed by atoms with E-state index >= 15 is 0 Å². The third-order valence-corrected chi connectivity index (χ3v) is 20.6. The second kappa shape index (κ2) is 77.5. The Morgan fingerprint density at radius 3 is 1.05 bits per heavy atom. The van der Waals surface area contributed by atoms with Crippen LogP contribution in [0.4, 0.5) is 0 Å². The SMILES string of the molecule is CCCCCCC/C=C/CC/C=C/CC/C=C/C(O)C(COC1OC(CO)C(O)C(O)C1O)NC(=O)CCCCCCCCCCCCCCCCCCC/C=C\C/C=C\CCCCCCCCCCCCCCCCCOC(=O)CCCCCCCCCCCCCCCCCCCC. The highest BCUT2D eigenvalue weighted by Gasteiger charge is 2.44. The standard InChI is InChI=1S/C89H165NO10/c1-3-5-7-9-11-13-15-17-19-20-45-49-53-57-61-65-69-73-77-85(94)98-78-74-70-66-62-58-54-50-46-43-41-39-37-35-33-31-29-27-25-23-21-22-24-26-28-30-32-34-36-38-40-42-44-48-52-56-60-64-68-72-76-84(93)90-81(80-99-89-88(97)87(96)86(95)83(79-91)100-89)82(92)75-71-67-63-59-55-51-47-18-16-14-12-10-8-6-4-2/h16,18,21-22,25,27,55,59,71,75,81-83,86-89,91-92,95-97H,3-15,17,19-20,23-24,26,28-54,56-58,60-70,72-74,76-80H2,1-2H3,(H,90,93)/b18-16+,22-21-,27-25-,59-55+,75-71+. The molecule has 1 aliphatic rings. The van der Waals surface area contributed by atoms with Crippen molar-refractivity contribution in [1.82, 2.24) is 5.32 Å². The minimum atomic E-state index is -1.58.